The zero-order valence-corrected chi connectivity index (χ0v) is 11.9. The van der Waals surface area contributed by atoms with Crippen molar-refractivity contribution in [3.05, 3.63) is 40.6 Å². The molecule has 0 bridgehead atoms. The third kappa shape index (κ3) is 2.95. The number of hydrogen-bond donors (Lipinski definition) is 1. The Hall–Kier alpha value is -1.25. The highest BCUT2D eigenvalue weighted by molar-refractivity contribution is 9.10. The van der Waals surface area contributed by atoms with Crippen molar-refractivity contribution in [3.63, 3.8) is 0 Å². The molecule has 0 spiro atoms. The Bertz CT molecular complexity index is 666. The van der Waals surface area contributed by atoms with E-state index in [-0.39, 0.29) is 15.7 Å². The van der Waals surface area contributed by atoms with Crippen molar-refractivity contribution in [2.75, 3.05) is 4.72 Å². The van der Waals surface area contributed by atoms with Crippen molar-refractivity contribution >= 4 is 43.2 Å². The molecule has 0 saturated heterocycles. The van der Waals surface area contributed by atoms with Gasteiger partial charge < -0.3 is 0 Å². The number of pyridine rings is 1. The Labute approximate surface area is 117 Å². The van der Waals surface area contributed by atoms with Gasteiger partial charge in [0.15, 0.2) is 0 Å². The zero-order valence-electron chi connectivity index (χ0n) is 8.71. The van der Waals surface area contributed by atoms with Gasteiger partial charge in [-0.1, -0.05) is 11.6 Å². The van der Waals surface area contributed by atoms with E-state index in [0.717, 1.165) is 0 Å². The molecule has 94 valence electrons. The van der Waals surface area contributed by atoms with Crippen LogP contribution in [0.25, 0.3) is 0 Å². The molecule has 0 aliphatic carbocycles. The van der Waals surface area contributed by atoms with E-state index in [2.05, 4.69) is 35.6 Å². The van der Waals surface area contributed by atoms with Crippen LogP contribution in [0.2, 0.25) is 5.15 Å². The Balaban J connectivity index is 2.40. The fourth-order valence-electron chi connectivity index (χ4n) is 1.15. The molecule has 18 heavy (non-hydrogen) atoms. The van der Waals surface area contributed by atoms with Gasteiger partial charge in [0.25, 0.3) is 10.0 Å². The summed E-state index contributed by atoms with van der Waals surface area (Å²) in [6.45, 7) is 0. The van der Waals surface area contributed by atoms with Crippen LogP contribution in [0.15, 0.2) is 40.4 Å². The van der Waals surface area contributed by atoms with Gasteiger partial charge in [-0.15, -0.1) is 0 Å². The predicted molar refractivity (Wildman–Crippen MR) is 69.8 cm³/mol. The lowest BCUT2D eigenvalue weighted by atomic mass is 10.5. The maximum atomic E-state index is 12.1. The first kappa shape index (κ1) is 13.2. The van der Waals surface area contributed by atoms with E-state index in [1.165, 1.54) is 31.0 Å². The largest absolute Gasteiger partial charge is 0.276 e. The molecule has 2 aromatic heterocycles. The monoisotopic (exact) mass is 348 g/mol. The van der Waals surface area contributed by atoms with Gasteiger partial charge in [-0.2, -0.15) is 0 Å². The number of anilines is 1. The number of nitrogens with zero attached hydrogens (tertiary/aromatic N) is 3. The predicted octanol–water partition coefficient (Wildman–Crippen LogP) is 2.09. The summed E-state index contributed by atoms with van der Waals surface area (Å²) < 4.78 is 26.9. The molecule has 0 aliphatic heterocycles. The Kier molecular flexibility index (Phi) is 3.79. The minimum atomic E-state index is -3.82. The van der Waals surface area contributed by atoms with Crippen molar-refractivity contribution in [1.29, 1.82) is 0 Å². The van der Waals surface area contributed by atoms with Crippen LogP contribution in [0, 0.1) is 0 Å². The summed E-state index contributed by atoms with van der Waals surface area (Å²) in [5.41, 5.74) is 0.244. The van der Waals surface area contributed by atoms with Crippen LogP contribution in [0.4, 0.5) is 5.69 Å². The summed E-state index contributed by atoms with van der Waals surface area (Å²) in [6, 6.07) is 1.36. The van der Waals surface area contributed by atoms with Crippen molar-refractivity contribution in [2.24, 2.45) is 0 Å². The van der Waals surface area contributed by atoms with Crippen molar-refractivity contribution in [3.8, 4) is 0 Å². The quantitative estimate of drug-likeness (QED) is 0.858. The fourth-order valence-corrected chi connectivity index (χ4v) is 3.13. The topological polar surface area (TPSA) is 84.8 Å². The van der Waals surface area contributed by atoms with Gasteiger partial charge in [-0.25, -0.2) is 23.4 Å². The second-order valence-electron chi connectivity index (χ2n) is 3.18. The van der Waals surface area contributed by atoms with E-state index in [1.54, 1.807) is 0 Å². The first-order chi connectivity index (χ1) is 8.49. The lowest BCUT2D eigenvalue weighted by molar-refractivity contribution is 0.600. The highest BCUT2D eigenvalue weighted by Gasteiger charge is 2.19. The number of halogens is 2. The third-order valence-corrected chi connectivity index (χ3v) is 4.12. The van der Waals surface area contributed by atoms with Gasteiger partial charge in [0.2, 0.25) is 0 Å². The number of sulfonamides is 1. The van der Waals surface area contributed by atoms with Gasteiger partial charge in [-0.05, 0) is 22.0 Å². The number of nitrogens with one attached hydrogen (secondary N) is 1. The summed E-state index contributed by atoms with van der Waals surface area (Å²) in [4.78, 5) is 11.0. The molecule has 9 heteroatoms. The van der Waals surface area contributed by atoms with Crippen LogP contribution in [0.1, 0.15) is 0 Å². The minimum Gasteiger partial charge on any atom is -0.276 e. The molecule has 2 rings (SSSR count). The number of rotatable bonds is 3. The first-order valence-electron chi connectivity index (χ1n) is 4.58. The molecule has 0 atom stereocenters. The average Bonchev–Trinajstić information content (AvgIpc) is 2.33. The summed E-state index contributed by atoms with van der Waals surface area (Å²) in [7, 11) is -3.82. The molecule has 1 N–H and O–H groups in total. The standard InChI is InChI=1S/C9H6BrClN4O2S/c10-6-1-8(9(11)14-2-6)18(16,17)15-7-3-12-5-13-4-7/h1-5,15H. The molecule has 6 nitrogen and oxygen atoms in total. The van der Waals surface area contributed by atoms with E-state index in [1.807, 2.05) is 0 Å². The van der Waals surface area contributed by atoms with Gasteiger partial charge in [-0.3, -0.25) is 4.72 Å². The third-order valence-electron chi connectivity index (χ3n) is 1.88. The van der Waals surface area contributed by atoms with Crippen LogP contribution in [0.5, 0.6) is 0 Å². The first-order valence-corrected chi connectivity index (χ1v) is 7.23. The highest BCUT2D eigenvalue weighted by Crippen LogP contribution is 2.24. The van der Waals surface area contributed by atoms with Crippen molar-refractivity contribution < 1.29 is 8.42 Å². The maximum Gasteiger partial charge on any atom is 0.265 e. The molecule has 0 amide bonds. The van der Waals surface area contributed by atoms with Gasteiger partial charge in [0.05, 0.1) is 18.1 Å². The number of aromatic nitrogens is 3. The van der Waals surface area contributed by atoms with E-state index in [0.29, 0.717) is 4.47 Å². The normalized spacial score (nSPS) is 11.2. The average molecular weight is 350 g/mol. The molecule has 0 saturated carbocycles. The molecule has 2 aromatic rings. The smallest absolute Gasteiger partial charge is 0.265 e. The van der Waals surface area contributed by atoms with E-state index >= 15 is 0 Å². The SMILES string of the molecule is O=S(=O)(Nc1cncnc1)c1cc(Br)cnc1Cl. The summed E-state index contributed by atoms with van der Waals surface area (Å²) in [5, 5.41) is -0.109. The van der Waals surface area contributed by atoms with Gasteiger partial charge in [0, 0.05) is 10.7 Å². The Morgan fingerprint density at radius 2 is 1.89 bits per heavy atom. The van der Waals surface area contributed by atoms with E-state index in [4.69, 9.17) is 11.6 Å². The van der Waals surface area contributed by atoms with Gasteiger partial charge >= 0.3 is 0 Å². The Morgan fingerprint density at radius 3 is 2.56 bits per heavy atom. The molecular formula is C9H6BrClN4O2S. The second kappa shape index (κ2) is 5.17. The fraction of sp³-hybridized carbons (Fsp3) is 0. The van der Waals surface area contributed by atoms with Crippen molar-refractivity contribution in [2.45, 2.75) is 4.90 Å². The van der Waals surface area contributed by atoms with Crippen LogP contribution < -0.4 is 4.72 Å². The van der Waals surface area contributed by atoms with Crippen LogP contribution in [0.3, 0.4) is 0 Å². The molecular weight excluding hydrogens is 344 g/mol. The van der Waals surface area contributed by atoms with Crippen LogP contribution in [-0.4, -0.2) is 23.4 Å². The summed E-state index contributed by atoms with van der Waals surface area (Å²) >= 11 is 8.90. The maximum absolute atomic E-state index is 12.1. The Morgan fingerprint density at radius 1 is 1.22 bits per heavy atom. The molecule has 0 aromatic carbocycles. The van der Waals surface area contributed by atoms with E-state index < -0.39 is 10.0 Å². The van der Waals surface area contributed by atoms with Crippen LogP contribution in [-0.2, 0) is 10.0 Å². The highest BCUT2D eigenvalue weighted by atomic mass is 79.9. The van der Waals surface area contributed by atoms with Gasteiger partial charge in [0.1, 0.15) is 16.4 Å². The number of hydrogen-bond acceptors (Lipinski definition) is 5. The molecule has 0 unspecified atom stereocenters. The minimum absolute atomic E-state index is 0.109. The zero-order chi connectivity index (χ0) is 13.2. The van der Waals surface area contributed by atoms with Crippen LogP contribution >= 0.6 is 27.5 Å². The summed E-state index contributed by atoms with van der Waals surface area (Å²) in [6.07, 6.45) is 5.38. The lowest BCUT2D eigenvalue weighted by Crippen LogP contribution is -2.14. The lowest BCUT2D eigenvalue weighted by Gasteiger charge is -2.08. The summed E-state index contributed by atoms with van der Waals surface area (Å²) in [5.74, 6) is 0. The van der Waals surface area contributed by atoms with E-state index in [9.17, 15) is 8.42 Å². The molecule has 0 fully saturated rings. The second-order valence-corrected chi connectivity index (χ2v) is 6.10. The molecule has 0 radical (unpaired) electrons. The molecule has 2 heterocycles. The molecule has 0 aliphatic rings. The van der Waals surface area contributed by atoms with Crippen molar-refractivity contribution in [1.82, 2.24) is 15.0 Å².